The molecular weight excluding hydrogens is 184 g/mol. The van der Waals surface area contributed by atoms with E-state index in [1.165, 1.54) is 11.3 Å². The minimum absolute atomic E-state index is 0.512. The number of rotatable bonds is 1. The summed E-state index contributed by atoms with van der Waals surface area (Å²) in [4.78, 5) is 4.17. The van der Waals surface area contributed by atoms with E-state index in [1.807, 2.05) is 5.38 Å². The molecule has 0 bridgehead atoms. The first-order valence-corrected chi connectivity index (χ1v) is 4.40. The van der Waals surface area contributed by atoms with Crippen molar-refractivity contribution in [2.24, 2.45) is 0 Å². The molecule has 0 aromatic carbocycles. The third-order valence-electron chi connectivity index (χ3n) is 1.55. The number of thiazole rings is 1. The monoisotopic (exact) mass is 190 g/mol. The maximum atomic E-state index is 5.62. The van der Waals surface area contributed by atoms with Crippen molar-refractivity contribution >= 4 is 17.2 Å². The SMILES string of the molecule is C#Cc1csc(-c2cn[nH]c2N)n1. The van der Waals surface area contributed by atoms with Crippen molar-refractivity contribution in [3.8, 4) is 22.9 Å². The molecule has 0 fully saturated rings. The normalized spacial score (nSPS) is 9.77. The number of hydrogen-bond donors (Lipinski definition) is 2. The maximum Gasteiger partial charge on any atom is 0.130 e. The van der Waals surface area contributed by atoms with Gasteiger partial charge in [-0.1, -0.05) is 0 Å². The molecule has 5 heteroatoms. The summed E-state index contributed by atoms with van der Waals surface area (Å²) in [5.74, 6) is 2.97. The van der Waals surface area contributed by atoms with E-state index < -0.39 is 0 Å². The Morgan fingerprint density at radius 2 is 2.46 bits per heavy atom. The van der Waals surface area contributed by atoms with Gasteiger partial charge in [0.15, 0.2) is 0 Å². The van der Waals surface area contributed by atoms with Gasteiger partial charge in [0.25, 0.3) is 0 Å². The predicted molar refractivity (Wildman–Crippen MR) is 52.0 cm³/mol. The zero-order chi connectivity index (χ0) is 9.26. The standard InChI is InChI=1S/C8H6N4S/c1-2-5-4-13-8(11-5)6-3-10-12-7(6)9/h1,3-4H,(H3,9,10,12). The van der Waals surface area contributed by atoms with E-state index in [9.17, 15) is 0 Å². The topological polar surface area (TPSA) is 67.6 Å². The molecule has 0 amide bonds. The van der Waals surface area contributed by atoms with E-state index in [4.69, 9.17) is 12.2 Å². The van der Waals surface area contributed by atoms with Gasteiger partial charge in [-0.25, -0.2) is 4.98 Å². The number of nitrogens with zero attached hydrogens (tertiary/aromatic N) is 2. The molecular formula is C8H6N4S. The zero-order valence-corrected chi connectivity index (χ0v) is 7.43. The third kappa shape index (κ3) is 1.27. The summed E-state index contributed by atoms with van der Waals surface area (Å²) < 4.78 is 0. The highest BCUT2D eigenvalue weighted by Gasteiger charge is 2.08. The minimum atomic E-state index is 0.512. The highest BCUT2D eigenvalue weighted by atomic mass is 32.1. The first-order valence-electron chi connectivity index (χ1n) is 3.52. The van der Waals surface area contributed by atoms with Gasteiger partial charge in [-0.3, -0.25) is 5.10 Å². The van der Waals surface area contributed by atoms with Crippen LogP contribution in [-0.4, -0.2) is 15.2 Å². The molecule has 4 nitrogen and oxygen atoms in total. The second-order valence-electron chi connectivity index (χ2n) is 2.38. The highest BCUT2D eigenvalue weighted by Crippen LogP contribution is 2.26. The number of nitrogens with one attached hydrogen (secondary N) is 1. The molecule has 2 heterocycles. The number of nitrogen functional groups attached to an aromatic ring is 1. The lowest BCUT2D eigenvalue weighted by atomic mass is 10.3. The number of terminal acetylenes is 1. The Labute approximate surface area is 78.8 Å². The summed E-state index contributed by atoms with van der Waals surface area (Å²) in [7, 11) is 0. The van der Waals surface area contributed by atoms with E-state index in [0.29, 0.717) is 11.5 Å². The number of H-pyrrole nitrogens is 1. The fraction of sp³-hybridized carbons (Fsp3) is 0. The molecule has 0 saturated carbocycles. The molecule has 3 N–H and O–H groups in total. The van der Waals surface area contributed by atoms with Crippen LogP contribution < -0.4 is 5.73 Å². The fourth-order valence-corrected chi connectivity index (χ4v) is 1.71. The summed E-state index contributed by atoms with van der Waals surface area (Å²) in [5, 5.41) is 9.03. The Morgan fingerprint density at radius 1 is 1.62 bits per heavy atom. The molecule has 13 heavy (non-hydrogen) atoms. The molecule has 0 aliphatic rings. The second kappa shape index (κ2) is 2.92. The molecule has 2 aromatic heterocycles. The second-order valence-corrected chi connectivity index (χ2v) is 3.24. The van der Waals surface area contributed by atoms with E-state index in [1.54, 1.807) is 6.20 Å². The maximum absolute atomic E-state index is 5.62. The van der Waals surface area contributed by atoms with Gasteiger partial charge in [0.05, 0.1) is 11.8 Å². The van der Waals surface area contributed by atoms with Crippen LogP contribution in [0.1, 0.15) is 5.69 Å². The van der Waals surface area contributed by atoms with Gasteiger partial charge in [0, 0.05) is 5.38 Å². The van der Waals surface area contributed by atoms with Crippen molar-refractivity contribution in [1.29, 1.82) is 0 Å². The highest BCUT2D eigenvalue weighted by molar-refractivity contribution is 7.13. The fourth-order valence-electron chi connectivity index (χ4n) is 0.930. The van der Waals surface area contributed by atoms with Gasteiger partial charge in [0.1, 0.15) is 16.5 Å². The molecule has 0 aliphatic heterocycles. The van der Waals surface area contributed by atoms with E-state index in [2.05, 4.69) is 21.1 Å². The predicted octanol–water partition coefficient (Wildman–Crippen LogP) is 1.10. The van der Waals surface area contributed by atoms with E-state index in [-0.39, 0.29) is 0 Å². The van der Waals surface area contributed by atoms with Crippen LogP contribution in [0, 0.1) is 12.3 Å². The van der Waals surface area contributed by atoms with Gasteiger partial charge in [-0.05, 0) is 5.92 Å². The van der Waals surface area contributed by atoms with Crippen LogP contribution in [0.4, 0.5) is 5.82 Å². The zero-order valence-electron chi connectivity index (χ0n) is 6.61. The Kier molecular flexibility index (Phi) is 1.76. The minimum Gasteiger partial charge on any atom is -0.383 e. The average Bonchev–Trinajstić information content (AvgIpc) is 2.71. The van der Waals surface area contributed by atoms with Crippen LogP contribution in [0.5, 0.6) is 0 Å². The summed E-state index contributed by atoms with van der Waals surface area (Å²) in [6.07, 6.45) is 6.83. The summed E-state index contributed by atoms with van der Waals surface area (Å²) >= 11 is 1.45. The lowest BCUT2D eigenvalue weighted by Gasteiger charge is -1.89. The summed E-state index contributed by atoms with van der Waals surface area (Å²) in [6, 6.07) is 0. The molecule has 0 unspecified atom stereocenters. The van der Waals surface area contributed by atoms with Gasteiger partial charge in [-0.15, -0.1) is 17.8 Å². The number of anilines is 1. The summed E-state index contributed by atoms with van der Waals surface area (Å²) in [6.45, 7) is 0. The number of nitrogens with two attached hydrogens (primary N) is 1. The quantitative estimate of drug-likeness (QED) is 0.661. The van der Waals surface area contributed by atoms with E-state index in [0.717, 1.165) is 10.6 Å². The Balaban J connectivity index is 2.48. The van der Waals surface area contributed by atoms with Crippen molar-refractivity contribution in [1.82, 2.24) is 15.2 Å². The average molecular weight is 190 g/mol. The van der Waals surface area contributed by atoms with Gasteiger partial charge in [0.2, 0.25) is 0 Å². The van der Waals surface area contributed by atoms with Crippen molar-refractivity contribution in [2.75, 3.05) is 5.73 Å². The molecule has 0 radical (unpaired) electrons. The summed E-state index contributed by atoms with van der Waals surface area (Å²) in [5.41, 5.74) is 7.04. The van der Waals surface area contributed by atoms with Crippen molar-refractivity contribution in [3.05, 3.63) is 17.3 Å². The van der Waals surface area contributed by atoms with Crippen LogP contribution in [-0.2, 0) is 0 Å². The Morgan fingerprint density at radius 3 is 3.00 bits per heavy atom. The first-order chi connectivity index (χ1) is 6.31. The Bertz CT molecular complexity index is 462. The van der Waals surface area contributed by atoms with Crippen LogP contribution in [0.15, 0.2) is 11.6 Å². The molecule has 0 saturated heterocycles. The molecule has 2 rings (SSSR count). The van der Waals surface area contributed by atoms with Crippen LogP contribution in [0.2, 0.25) is 0 Å². The van der Waals surface area contributed by atoms with Crippen molar-refractivity contribution < 1.29 is 0 Å². The number of aromatic nitrogens is 3. The smallest absolute Gasteiger partial charge is 0.130 e. The van der Waals surface area contributed by atoms with Crippen LogP contribution in [0.25, 0.3) is 10.6 Å². The van der Waals surface area contributed by atoms with E-state index >= 15 is 0 Å². The van der Waals surface area contributed by atoms with Gasteiger partial charge in [-0.2, -0.15) is 5.10 Å². The van der Waals surface area contributed by atoms with Crippen molar-refractivity contribution in [2.45, 2.75) is 0 Å². The number of aromatic amines is 1. The van der Waals surface area contributed by atoms with Crippen LogP contribution in [0.3, 0.4) is 0 Å². The van der Waals surface area contributed by atoms with Gasteiger partial charge < -0.3 is 5.73 Å². The molecule has 0 atom stereocenters. The molecule has 0 spiro atoms. The molecule has 0 aliphatic carbocycles. The Hall–Kier alpha value is -1.80. The van der Waals surface area contributed by atoms with Gasteiger partial charge >= 0.3 is 0 Å². The lowest BCUT2D eigenvalue weighted by molar-refractivity contribution is 1.10. The lowest BCUT2D eigenvalue weighted by Crippen LogP contribution is -1.87. The largest absolute Gasteiger partial charge is 0.383 e. The number of hydrogen-bond acceptors (Lipinski definition) is 4. The molecule has 64 valence electrons. The third-order valence-corrected chi connectivity index (χ3v) is 2.43. The molecule has 2 aromatic rings. The van der Waals surface area contributed by atoms with Crippen LogP contribution >= 0.6 is 11.3 Å². The first kappa shape index (κ1) is 7.83. The van der Waals surface area contributed by atoms with Crippen molar-refractivity contribution in [3.63, 3.8) is 0 Å².